The topological polar surface area (TPSA) is 35.5 Å². The highest BCUT2D eigenvalue weighted by atomic mass is 19.1. The second-order valence-electron chi connectivity index (χ2n) is 10.6. The van der Waals surface area contributed by atoms with Gasteiger partial charge in [0.25, 0.3) is 0 Å². The number of esters is 1. The Kier molecular flexibility index (Phi) is 5.25. The Morgan fingerprint density at radius 2 is 1.72 bits per heavy atom. The van der Waals surface area contributed by atoms with Gasteiger partial charge in [0.1, 0.15) is 17.2 Å². The number of rotatable bonds is 5. The van der Waals surface area contributed by atoms with Crippen LogP contribution in [0, 0.1) is 29.0 Å². The van der Waals surface area contributed by atoms with E-state index in [1.807, 2.05) is 19.1 Å². The number of hydrogen-bond acceptors (Lipinski definition) is 3. The van der Waals surface area contributed by atoms with Crippen molar-refractivity contribution >= 4 is 12.0 Å². The Hall–Kier alpha value is -1.84. The fourth-order valence-electron chi connectivity index (χ4n) is 6.19. The molecule has 0 radical (unpaired) electrons. The molecule has 1 aromatic carbocycles. The second-order valence-corrected chi connectivity index (χ2v) is 10.6. The molecule has 4 aliphatic carbocycles. The average Bonchev–Trinajstić information content (AvgIpc) is 2.59. The second kappa shape index (κ2) is 7.45. The van der Waals surface area contributed by atoms with Gasteiger partial charge in [-0.15, -0.1) is 0 Å². The lowest BCUT2D eigenvalue weighted by molar-refractivity contribution is -0.0746. The number of ether oxygens (including phenoxy) is 2. The van der Waals surface area contributed by atoms with E-state index in [1.54, 1.807) is 26.8 Å². The molecule has 158 valence electrons. The monoisotopic (exact) mass is 400 g/mol. The molecule has 4 bridgehead atoms. The van der Waals surface area contributed by atoms with Gasteiger partial charge in [-0.05, 0) is 90.0 Å². The normalized spacial score (nSPS) is 30.7. The van der Waals surface area contributed by atoms with Crippen LogP contribution in [0.2, 0.25) is 0 Å². The lowest BCUT2D eigenvalue weighted by Gasteiger charge is -2.56. The molecule has 4 saturated carbocycles. The lowest BCUT2D eigenvalue weighted by Crippen LogP contribution is -2.48. The molecule has 29 heavy (non-hydrogen) atoms. The molecule has 0 amide bonds. The molecule has 0 spiro atoms. The van der Waals surface area contributed by atoms with Gasteiger partial charge in [-0.3, -0.25) is 0 Å². The molecule has 4 fully saturated rings. The van der Waals surface area contributed by atoms with Crippen molar-refractivity contribution in [2.75, 3.05) is 6.61 Å². The van der Waals surface area contributed by atoms with Crippen molar-refractivity contribution < 1.29 is 18.7 Å². The van der Waals surface area contributed by atoms with Gasteiger partial charge >= 0.3 is 5.97 Å². The Morgan fingerprint density at radius 3 is 2.24 bits per heavy atom. The summed E-state index contributed by atoms with van der Waals surface area (Å²) < 4.78 is 26.4. The van der Waals surface area contributed by atoms with Crippen molar-refractivity contribution in [1.29, 1.82) is 0 Å². The van der Waals surface area contributed by atoms with Gasteiger partial charge < -0.3 is 9.47 Å². The summed E-state index contributed by atoms with van der Waals surface area (Å²) in [6, 6.07) is 2.91. The van der Waals surface area contributed by atoms with Crippen LogP contribution in [0.5, 0.6) is 5.75 Å². The van der Waals surface area contributed by atoms with E-state index in [0.717, 1.165) is 23.3 Å². The highest BCUT2D eigenvalue weighted by molar-refractivity contribution is 5.91. The zero-order valence-electron chi connectivity index (χ0n) is 18.1. The minimum Gasteiger partial charge on any atom is -0.492 e. The van der Waals surface area contributed by atoms with E-state index in [2.05, 4.69) is 0 Å². The first-order valence-corrected chi connectivity index (χ1v) is 11.0. The van der Waals surface area contributed by atoms with Gasteiger partial charge in [-0.2, -0.15) is 0 Å². The van der Waals surface area contributed by atoms with E-state index in [0.29, 0.717) is 12.4 Å². The van der Waals surface area contributed by atoms with Crippen molar-refractivity contribution in [2.45, 2.75) is 71.8 Å². The zero-order valence-corrected chi connectivity index (χ0v) is 18.1. The molecule has 1 aromatic rings. The summed E-state index contributed by atoms with van der Waals surface area (Å²) in [7, 11) is 0. The van der Waals surface area contributed by atoms with Crippen LogP contribution in [0.25, 0.3) is 6.08 Å². The number of hydrogen-bond donors (Lipinski definition) is 0. The summed E-state index contributed by atoms with van der Waals surface area (Å²) >= 11 is 0. The molecule has 0 heterocycles. The standard InChI is InChI=1S/C25H33FO3/c1-5-6-19-10-20(23(27)29-24(2,3)4)21(26)11-22(19)28-15-25-12-16-7-17(13-25)9-18(8-16)14-25/h5-6,10-11,16-18H,7-9,12-15H2,1-4H3/b6-5+. The van der Waals surface area contributed by atoms with Gasteiger partial charge in [0, 0.05) is 17.0 Å². The average molecular weight is 401 g/mol. The molecule has 0 unspecified atom stereocenters. The molecular formula is C25H33FO3. The summed E-state index contributed by atoms with van der Waals surface area (Å²) in [6.07, 6.45) is 11.7. The van der Waals surface area contributed by atoms with Crippen LogP contribution in [0.3, 0.4) is 0 Å². The van der Waals surface area contributed by atoms with Crippen molar-refractivity contribution in [1.82, 2.24) is 0 Å². The van der Waals surface area contributed by atoms with Crippen LogP contribution < -0.4 is 4.74 Å². The molecule has 4 heteroatoms. The van der Waals surface area contributed by atoms with Gasteiger partial charge in [-0.1, -0.05) is 12.2 Å². The SMILES string of the molecule is C/C=C/c1cc(C(=O)OC(C)(C)C)c(F)cc1OCC12CC3CC(CC(C3)C1)C2. The van der Waals surface area contributed by atoms with E-state index >= 15 is 0 Å². The molecule has 5 rings (SSSR count). The molecule has 0 aliphatic heterocycles. The third kappa shape index (κ3) is 4.36. The van der Waals surface area contributed by atoms with E-state index in [-0.39, 0.29) is 11.0 Å². The van der Waals surface area contributed by atoms with Crippen LogP contribution in [0.4, 0.5) is 4.39 Å². The fourth-order valence-corrected chi connectivity index (χ4v) is 6.19. The van der Waals surface area contributed by atoms with Gasteiger partial charge in [0.2, 0.25) is 0 Å². The summed E-state index contributed by atoms with van der Waals surface area (Å²) in [5.74, 6) is 1.84. The molecule has 0 atom stereocenters. The first-order chi connectivity index (χ1) is 13.7. The van der Waals surface area contributed by atoms with E-state index in [1.165, 1.54) is 44.6 Å². The summed E-state index contributed by atoms with van der Waals surface area (Å²) in [5.41, 5.74) is 0.259. The van der Waals surface area contributed by atoms with Gasteiger partial charge in [0.15, 0.2) is 0 Å². The summed E-state index contributed by atoms with van der Waals surface area (Å²) in [4.78, 5) is 12.4. The minimum absolute atomic E-state index is 0.0461. The third-order valence-corrected chi connectivity index (χ3v) is 6.76. The van der Waals surface area contributed by atoms with Crippen molar-refractivity contribution in [3.8, 4) is 5.75 Å². The number of benzene rings is 1. The van der Waals surface area contributed by atoms with Crippen LogP contribution in [-0.2, 0) is 4.74 Å². The number of allylic oxidation sites excluding steroid dienone is 1. The number of halogens is 1. The van der Waals surface area contributed by atoms with E-state index in [4.69, 9.17) is 9.47 Å². The predicted molar refractivity (Wildman–Crippen MR) is 112 cm³/mol. The lowest BCUT2D eigenvalue weighted by atomic mass is 9.50. The number of carbonyl (C=O) groups excluding carboxylic acids is 1. The highest BCUT2D eigenvalue weighted by Crippen LogP contribution is 2.60. The van der Waals surface area contributed by atoms with Crippen molar-refractivity contribution in [2.24, 2.45) is 23.2 Å². The smallest absolute Gasteiger partial charge is 0.341 e. The molecule has 0 aromatic heterocycles. The molecule has 0 N–H and O–H groups in total. The third-order valence-electron chi connectivity index (χ3n) is 6.76. The van der Waals surface area contributed by atoms with Crippen LogP contribution in [-0.4, -0.2) is 18.2 Å². The van der Waals surface area contributed by atoms with Crippen LogP contribution in [0.1, 0.15) is 82.1 Å². The number of carbonyl (C=O) groups is 1. The molecule has 3 nitrogen and oxygen atoms in total. The summed E-state index contributed by atoms with van der Waals surface area (Å²) in [5, 5.41) is 0. The Balaban J connectivity index is 1.54. The maximum absolute atomic E-state index is 14.8. The molecule has 0 saturated heterocycles. The first kappa shape index (κ1) is 20.4. The molecule has 4 aliphatic rings. The van der Waals surface area contributed by atoms with Crippen molar-refractivity contribution in [3.05, 3.63) is 35.2 Å². The van der Waals surface area contributed by atoms with Gasteiger partial charge in [0.05, 0.1) is 12.2 Å². The van der Waals surface area contributed by atoms with E-state index in [9.17, 15) is 9.18 Å². The van der Waals surface area contributed by atoms with Crippen LogP contribution >= 0.6 is 0 Å². The maximum atomic E-state index is 14.8. The van der Waals surface area contributed by atoms with Gasteiger partial charge in [-0.25, -0.2) is 9.18 Å². The fraction of sp³-hybridized carbons (Fsp3) is 0.640. The molecular weight excluding hydrogens is 367 g/mol. The Bertz CT molecular complexity index is 783. The minimum atomic E-state index is -0.669. The summed E-state index contributed by atoms with van der Waals surface area (Å²) in [6.45, 7) is 7.88. The van der Waals surface area contributed by atoms with E-state index < -0.39 is 17.4 Å². The van der Waals surface area contributed by atoms with Crippen molar-refractivity contribution in [3.63, 3.8) is 0 Å². The predicted octanol–water partition coefficient (Wildman–Crippen LogP) is 6.41. The Morgan fingerprint density at radius 1 is 1.14 bits per heavy atom. The maximum Gasteiger partial charge on any atom is 0.341 e. The Labute approximate surface area is 173 Å². The zero-order chi connectivity index (χ0) is 20.8. The first-order valence-electron chi connectivity index (χ1n) is 11.0. The van der Waals surface area contributed by atoms with Crippen LogP contribution in [0.15, 0.2) is 18.2 Å². The largest absolute Gasteiger partial charge is 0.492 e. The highest BCUT2D eigenvalue weighted by Gasteiger charge is 2.51. The quantitative estimate of drug-likeness (QED) is 0.536.